The molecule has 0 atom stereocenters. The van der Waals surface area contributed by atoms with Gasteiger partial charge in [0.1, 0.15) is 0 Å². The summed E-state index contributed by atoms with van der Waals surface area (Å²) < 4.78 is 6.51. The summed E-state index contributed by atoms with van der Waals surface area (Å²) in [6.45, 7) is 1.37. The van der Waals surface area contributed by atoms with Crippen LogP contribution in [0, 0.1) is 0 Å². The molecule has 2 heterocycles. The van der Waals surface area contributed by atoms with Crippen LogP contribution in [0.5, 0.6) is 0 Å². The van der Waals surface area contributed by atoms with Crippen LogP contribution in [0.1, 0.15) is 39.6 Å². The molecule has 2 aromatic rings. The van der Waals surface area contributed by atoms with Gasteiger partial charge in [-0.15, -0.1) is 5.10 Å². The zero-order valence-electron chi connectivity index (χ0n) is 12.9. The highest BCUT2D eigenvalue weighted by atomic mass is 16.5. The van der Waals surface area contributed by atoms with Gasteiger partial charge in [0.25, 0.3) is 5.91 Å². The van der Waals surface area contributed by atoms with E-state index in [9.17, 15) is 9.59 Å². The smallest absolute Gasteiger partial charge is 0.337 e. The first-order chi connectivity index (χ1) is 11.2. The number of esters is 1. The van der Waals surface area contributed by atoms with Gasteiger partial charge in [-0.1, -0.05) is 5.21 Å². The van der Waals surface area contributed by atoms with Crippen molar-refractivity contribution in [3.8, 4) is 0 Å². The highest BCUT2D eigenvalue weighted by Gasteiger charge is 2.25. The summed E-state index contributed by atoms with van der Waals surface area (Å²) in [6.07, 6.45) is 5.23. The number of ether oxygens (including phenoxy) is 1. The number of piperidine rings is 1. The van der Waals surface area contributed by atoms with E-state index in [-0.39, 0.29) is 5.91 Å². The monoisotopic (exact) mass is 314 g/mol. The lowest BCUT2D eigenvalue weighted by molar-refractivity contribution is 0.0599. The molecule has 1 aromatic carbocycles. The van der Waals surface area contributed by atoms with Gasteiger partial charge in [0.2, 0.25) is 0 Å². The van der Waals surface area contributed by atoms with Crippen molar-refractivity contribution < 1.29 is 14.3 Å². The number of hydrogen-bond acceptors (Lipinski definition) is 5. The number of amides is 1. The van der Waals surface area contributed by atoms with Gasteiger partial charge in [0.05, 0.1) is 24.9 Å². The lowest BCUT2D eigenvalue weighted by Gasteiger charge is -2.31. The zero-order chi connectivity index (χ0) is 16.2. The lowest BCUT2D eigenvalue weighted by Crippen LogP contribution is -2.39. The fraction of sp³-hybridized carbons (Fsp3) is 0.375. The van der Waals surface area contributed by atoms with Gasteiger partial charge in [-0.3, -0.25) is 4.79 Å². The molecule has 1 aromatic heterocycles. The molecule has 120 valence electrons. The first kappa shape index (κ1) is 15.2. The SMILES string of the molecule is COC(=O)c1ccc(C(=O)N2CCC(n3ccnn3)CC2)cc1. The molecule has 0 N–H and O–H groups in total. The number of likely N-dealkylation sites (tertiary alicyclic amines) is 1. The van der Waals surface area contributed by atoms with Gasteiger partial charge in [0, 0.05) is 24.8 Å². The normalized spacial score (nSPS) is 15.4. The molecule has 0 spiro atoms. The maximum Gasteiger partial charge on any atom is 0.337 e. The predicted molar refractivity (Wildman–Crippen MR) is 82.0 cm³/mol. The topological polar surface area (TPSA) is 77.3 Å². The van der Waals surface area contributed by atoms with Gasteiger partial charge >= 0.3 is 5.97 Å². The summed E-state index contributed by atoms with van der Waals surface area (Å²) >= 11 is 0. The molecule has 1 aliphatic heterocycles. The highest BCUT2D eigenvalue weighted by Crippen LogP contribution is 2.22. The van der Waals surface area contributed by atoms with Gasteiger partial charge in [-0.2, -0.15) is 0 Å². The van der Waals surface area contributed by atoms with E-state index in [0.717, 1.165) is 12.8 Å². The minimum atomic E-state index is -0.405. The second-order valence-corrected chi connectivity index (χ2v) is 5.48. The molecule has 0 saturated carbocycles. The Kier molecular flexibility index (Phi) is 4.36. The van der Waals surface area contributed by atoms with Crippen molar-refractivity contribution in [2.24, 2.45) is 0 Å². The van der Waals surface area contributed by atoms with Crippen LogP contribution >= 0.6 is 0 Å². The number of carbonyl (C=O) groups excluding carboxylic acids is 2. The quantitative estimate of drug-likeness (QED) is 0.803. The van der Waals surface area contributed by atoms with E-state index in [0.29, 0.717) is 30.3 Å². The second kappa shape index (κ2) is 6.60. The molecule has 23 heavy (non-hydrogen) atoms. The van der Waals surface area contributed by atoms with Crippen molar-refractivity contribution >= 4 is 11.9 Å². The number of hydrogen-bond donors (Lipinski definition) is 0. The van der Waals surface area contributed by atoms with E-state index in [4.69, 9.17) is 0 Å². The molecule has 0 aliphatic carbocycles. The Morgan fingerprint density at radius 3 is 2.35 bits per heavy atom. The summed E-state index contributed by atoms with van der Waals surface area (Å²) in [5.41, 5.74) is 1.02. The summed E-state index contributed by atoms with van der Waals surface area (Å²) in [6, 6.07) is 6.85. The number of benzene rings is 1. The Hall–Kier alpha value is -2.70. The number of rotatable bonds is 3. The van der Waals surface area contributed by atoms with Crippen LogP contribution in [-0.4, -0.2) is 52.0 Å². The number of aromatic nitrogens is 3. The molecular formula is C16H18N4O3. The Morgan fingerprint density at radius 2 is 1.78 bits per heavy atom. The van der Waals surface area contributed by atoms with Crippen LogP contribution < -0.4 is 0 Å². The minimum Gasteiger partial charge on any atom is -0.465 e. The first-order valence-electron chi connectivity index (χ1n) is 7.52. The molecule has 1 aliphatic rings. The molecule has 3 rings (SSSR count). The maximum absolute atomic E-state index is 12.5. The Balaban J connectivity index is 1.62. The van der Waals surface area contributed by atoms with Crippen LogP contribution in [0.3, 0.4) is 0 Å². The second-order valence-electron chi connectivity index (χ2n) is 5.48. The minimum absolute atomic E-state index is 0.0153. The Morgan fingerprint density at radius 1 is 1.13 bits per heavy atom. The number of carbonyl (C=O) groups is 2. The van der Waals surface area contributed by atoms with Crippen LogP contribution in [0.2, 0.25) is 0 Å². The van der Waals surface area contributed by atoms with Crippen LogP contribution in [-0.2, 0) is 4.74 Å². The van der Waals surface area contributed by atoms with Gasteiger partial charge in [0.15, 0.2) is 0 Å². The van der Waals surface area contributed by atoms with E-state index < -0.39 is 5.97 Å². The first-order valence-corrected chi connectivity index (χ1v) is 7.52. The third-order valence-corrected chi connectivity index (χ3v) is 4.12. The van der Waals surface area contributed by atoms with E-state index in [2.05, 4.69) is 15.0 Å². The summed E-state index contributed by atoms with van der Waals surface area (Å²) in [5.74, 6) is -0.420. The molecule has 7 heteroatoms. The van der Waals surface area contributed by atoms with E-state index in [1.165, 1.54) is 7.11 Å². The van der Waals surface area contributed by atoms with Crippen molar-refractivity contribution in [1.29, 1.82) is 0 Å². The van der Waals surface area contributed by atoms with Crippen molar-refractivity contribution in [3.05, 3.63) is 47.8 Å². The van der Waals surface area contributed by atoms with E-state index in [1.807, 2.05) is 15.8 Å². The van der Waals surface area contributed by atoms with Crippen molar-refractivity contribution in [1.82, 2.24) is 19.9 Å². The fourth-order valence-electron chi connectivity index (χ4n) is 2.79. The average molecular weight is 314 g/mol. The summed E-state index contributed by atoms with van der Waals surface area (Å²) in [4.78, 5) is 25.8. The van der Waals surface area contributed by atoms with Crippen molar-refractivity contribution in [2.45, 2.75) is 18.9 Å². The standard InChI is InChI=1S/C16H18N4O3/c1-23-16(22)13-4-2-12(3-5-13)15(21)19-9-6-14(7-10-19)20-11-8-17-18-20/h2-5,8,11,14H,6-7,9-10H2,1H3. The van der Waals surface area contributed by atoms with Crippen LogP contribution in [0.15, 0.2) is 36.7 Å². The zero-order valence-corrected chi connectivity index (χ0v) is 12.9. The third-order valence-electron chi connectivity index (χ3n) is 4.12. The van der Waals surface area contributed by atoms with E-state index >= 15 is 0 Å². The largest absolute Gasteiger partial charge is 0.465 e. The maximum atomic E-state index is 12.5. The summed E-state index contributed by atoms with van der Waals surface area (Å²) in [5, 5.41) is 7.84. The van der Waals surface area contributed by atoms with Gasteiger partial charge in [-0.25, -0.2) is 9.48 Å². The number of methoxy groups -OCH3 is 1. The van der Waals surface area contributed by atoms with Crippen LogP contribution in [0.4, 0.5) is 0 Å². The fourth-order valence-corrected chi connectivity index (χ4v) is 2.79. The van der Waals surface area contributed by atoms with Gasteiger partial charge in [-0.05, 0) is 37.1 Å². The molecular weight excluding hydrogens is 296 g/mol. The van der Waals surface area contributed by atoms with E-state index in [1.54, 1.807) is 30.5 Å². The van der Waals surface area contributed by atoms with Crippen molar-refractivity contribution in [2.75, 3.05) is 20.2 Å². The Labute approximate surface area is 133 Å². The third kappa shape index (κ3) is 3.23. The molecule has 0 unspecified atom stereocenters. The molecule has 0 radical (unpaired) electrons. The van der Waals surface area contributed by atoms with Crippen LogP contribution in [0.25, 0.3) is 0 Å². The Bertz CT molecular complexity index is 674. The predicted octanol–water partition coefficient (Wildman–Crippen LogP) is 1.54. The van der Waals surface area contributed by atoms with Crippen molar-refractivity contribution in [3.63, 3.8) is 0 Å². The molecule has 1 fully saturated rings. The summed E-state index contributed by atoms with van der Waals surface area (Å²) in [7, 11) is 1.33. The van der Waals surface area contributed by atoms with Gasteiger partial charge < -0.3 is 9.64 Å². The average Bonchev–Trinajstić information content (AvgIpc) is 3.15. The molecule has 0 bridgehead atoms. The molecule has 7 nitrogen and oxygen atoms in total. The molecule has 1 saturated heterocycles. The number of nitrogens with zero attached hydrogens (tertiary/aromatic N) is 4. The lowest BCUT2D eigenvalue weighted by atomic mass is 10.0. The highest BCUT2D eigenvalue weighted by molar-refractivity contribution is 5.96. The molecule has 1 amide bonds.